The quantitative estimate of drug-likeness (QED) is 0.898. The second-order valence-electron chi connectivity index (χ2n) is 5.97. The first-order chi connectivity index (χ1) is 10.3. The van der Waals surface area contributed by atoms with Crippen LogP contribution in [0.3, 0.4) is 0 Å². The highest BCUT2D eigenvalue weighted by atomic mass is 32.2. The molecular weight excluding hydrogens is 280 g/mol. The minimum Gasteiger partial charge on any atom is -0.349 e. The normalized spacial score (nSPS) is 22.6. The van der Waals surface area contributed by atoms with Crippen LogP contribution in [0.25, 0.3) is 0 Å². The molecule has 21 heavy (non-hydrogen) atoms. The van der Waals surface area contributed by atoms with Gasteiger partial charge in [-0.3, -0.25) is 4.79 Å². The van der Waals surface area contributed by atoms with Crippen molar-refractivity contribution < 1.29 is 4.79 Å². The summed E-state index contributed by atoms with van der Waals surface area (Å²) >= 11 is 1.82. The van der Waals surface area contributed by atoms with E-state index in [9.17, 15) is 4.79 Å². The Morgan fingerprint density at radius 3 is 2.90 bits per heavy atom. The third-order valence-corrected chi connectivity index (χ3v) is 5.81. The first-order valence-corrected chi connectivity index (χ1v) is 9.07. The summed E-state index contributed by atoms with van der Waals surface area (Å²) in [6, 6.07) is 8.75. The van der Waals surface area contributed by atoms with Gasteiger partial charge in [0.15, 0.2) is 0 Å². The smallest absolute Gasteiger partial charge is 0.230 e. The van der Waals surface area contributed by atoms with E-state index in [0.717, 1.165) is 25.9 Å². The van der Waals surface area contributed by atoms with Crippen molar-refractivity contribution in [2.75, 3.05) is 18.8 Å². The van der Waals surface area contributed by atoms with Crippen molar-refractivity contribution in [1.29, 1.82) is 0 Å². The maximum atomic E-state index is 12.2. The third-order valence-electron chi connectivity index (χ3n) is 4.44. The summed E-state index contributed by atoms with van der Waals surface area (Å²) in [5.74, 6) is 0.795. The van der Waals surface area contributed by atoms with E-state index < -0.39 is 0 Å². The molecule has 2 aliphatic rings. The van der Waals surface area contributed by atoms with Gasteiger partial charge in [-0.1, -0.05) is 24.3 Å². The number of hydrogen-bond acceptors (Lipinski definition) is 3. The number of carbonyl (C=O) groups is 1. The second kappa shape index (κ2) is 7.32. The standard InChI is InChI=1S/C17H24N2OS/c20-17(12-21-14-8-10-18-11-9-14)19-16-7-3-5-13-4-1-2-6-15(13)16/h1-2,4,6,14,16,18H,3,5,7-12H2,(H,19,20). The van der Waals surface area contributed by atoms with Gasteiger partial charge in [-0.25, -0.2) is 0 Å². The van der Waals surface area contributed by atoms with E-state index in [1.54, 1.807) is 0 Å². The van der Waals surface area contributed by atoms with Crippen molar-refractivity contribution >= 4 is 17.7 Å². The number of fused-ring (bicyclic) bond motifs is 1. The lowest BCUT2D eigenvalue weighted by Gasteiger charge is -2.27. The van der Waals surface area contributed by atoms with E-state index in [1.807, 2.05) is 11.8 Å². The minimum absolute atomic E-state index is 0.195. The number of thioether (sulfide) groups is 1. The Morgan fingerprint density at radius 2 is 2.05 bits per heavy atom. The Morgan fingerprint density at radius 1 is 1.24 bits per heavy atom. The van der Waals surface area contributed by atoms with Crippen molar-refractivity contribution in [3.63, 3.8) is 0 Å². The van der Waals surface area contributed by atoms with Crippen LogP contribution in [0.2, 0.25) is 0 Å². The van der Waals surface area contributed by atoms with Crippen LogP contribution in [0.4, 0.5) is 0 Å². The van der Waals surface area contributed by atoms with E-state index in [1.165, 1.54) is 30.4 Å². The van der Waals surface area contributed by atoms with Crippen molar-refractivity contribution in [2.24, 2.45) is 0 Å². The summed E-state index contributed by atoms with van der Waals surface area (Å²) < 4.78 is 0. The monoisotopic (exact) mass is 304 g/mol. The number of rotatable bonds is 4. The maximum absolute atomic E-state index is 12.2. The largest absolute Gasteiger partial charge is 0.349 e. The summed E-state index contributed by atoms with van der Waals surface area (Å²) in [5, 5.41) is 7.25. The summed E-state index contributed by atoms with van der Waals surface area (Å²) in [6.45, 7) is 2.19. The van der Waals surface area contributed by atoms with Crippen LogP contribution in [0, 0.1) is 0 Å². The van der Waals surface area contributed by atoms with Gasteiger partial charge in [0, 0.05) is 5.25 Å². The molecule has 1 heterocycles. The Hall–Kier alpha value is -1.00. The lowest BCUT2D eigenvalue weighted by atomic mass is 9.88. The van der Waals surface area contributed by atoms with E-state index >= 15 is 0 Å². The minimum atomic E-state index is 0.195. The maximum Gasteiger partial charge on any atom is 0.230 e. The van der Waals surface area contributed by atoms with Gasteiger partial charge in [-0.05, 0) is 56.3 Å². The molecule has 0 bridgehead atoms. The average molecular weight is 304 g/mol. The van der Waals surface area contributed by atoms with E-state index in [4.69, 9.17) is 0 Å². The Labute approximate surface area is 131 Å². The van der Waals surface area contributed by atoms with Gasteiger partial charge in [0.2, 0.25) is 5.91 Å². The van der Waals surface area contributed by atoms with Gasteiger partial charge in [-0.2, -0.15) is 0 Å². The van der Waals surface area contributed by atoms with Crippen LogP contribution in [-0.4, -0.2) is 30.0 Å². The molecule has 0 saturated carbocycles. The Balaban J connectivity index is 1.51. The molecule has 0 spiro atoms. The van der Waals surface area contributed by atoms with Crippen molar-refractivity contribution in [3.05, 3.63) is 35.4 Å². The Kier molecular flexibility index (Phi) is 5.20. The molecule has 1 aliphatic heterocycles. The molecule has 1 amide bonds. The predicted octanol–water partition coefficient (Wildman–Crippen LogP) is 2.67. The number of nitrogens with one attached hydrogen (secondary N) is 2. The number of piperidine rings is 1. The zero-order valence-corrected chi connectivity index (χ0v) is 13.3. The molecule has 1 aliphatic carbocycles. The van der Waals surface area contributed by atoms with Gasteiger partial charge in [-0.15, -0.1) is 11.8 Å². The summed E-state index contributed by atoms with van der Waals surface area (Å²) in [4.78, 5) is 12.2. The summed E-state index contributed by atoms with van der Waals surface area (Å²) in [6.07, 6.45) is 5.75. The SMILES string of the molecule is O=C(CSC1CCNCC1)NC1CCCc2ccccc21. The first kappa shape index (κ1) is 14.9. The fraction of sp³-hybridized carbons (Fsp3) is 0.588. The molecule has 0 aromatic heterocycles. The molecule has 3 rings (SSSR count). The zero-order valence-electron chi connectivity index (χ0n) is 12.4. The van der Waals surface area contributed by atoms with E-state index in [2.05, 4.69) is 34.9 Å². The van der Waals surface area contributed by atoms with Gasteiger partial charge < -0.3 is 10.6 Å². The summed E-state index contributed by atoms with van der Waals surface area (Å²) in [5.41, 5.74) is 2.73. The number of carbonyl (C=O) groups excluding carboxylic acids is 1. The van der Waals surface area contributed by atoms with Crippen LogP contribution < -0.4 is 10.6 Å². The van der Waals surface area contributed by atoms with Crippen molar-refractivity contribution in [1.82, 2.24) is 10.6 Å². The van der Waals surface area contributed by atoms with Gasteiger partial charge in [0.05, 0.1) is 11.8 Å². The first-order valence-electron chi connectivity index (χ1n) is 8.02. The molecule has 2 N–H and O–H groups in total. The highest BCUT2D eigenvalue weighted by Gasteiger charge is 2.22. The number of aryl methyl sites for hydroxylation is 1. The summed E-state index contributed by atoms with van der Waals surface area (Å²) in [7, 11) is 0. The molecular formula is C17H24N2OS. The molecule has 1 fully saturated rings. The molecule has 0 radical (unpaired) electrons. The van der Waals surface area contributed by atoms with Crippen LogP contribution in [0.5, 0.6) is 0 Å². The van der Waals surface area contributed by atoms with E-state index in [0.29, 0.717) is 11.0 Å². The van der Waals surface area contributed by atoms with Gasteiger partial charge in [0.25, 0.3) is 0 Å². The lowest BCUT2D eigenvalue weighted by molar-refractivity contribution is -0.119. The molecule has 3 nitrogen and oxygen atoms in total. The van der Waals surface area contributed by atoms with Crippen LogP contribution in [-0.2, 0) is 11.2 Å². The highest BCUT2D eigenvalue weighted by Crippen LogP contribution is 2.29. The third kappa shape index (κ3) is 4.01. The van der Waals surface area contributed by atoms with Crippen LogP contribution in [0.15, 0.2) is 24.3 Å². The molecule has 1 unspecified atom stereocenters. The fourth-order valence-corrected chi connectivity index (χ4v) is 4.33. The van der Waals surface area contributed by atoms with E-state index in [-0.39, 0.29) is 11.9 Å². The molecule has 1 atom stereocenters. The fourth-order valence-electron chi connectivity index (χ4n) is 3.30. The zero-order chi connectivity index (χ0) is 14.5. The van der Waals surface area contributed by atoms with Gasteiger partial charge in [0.1, 0.15) is 0 Å². The molecule has 114 valence electrons. The van der Waals surface area contributed by atoms with Crippen LogP contribution in [0.1, 0.15) is 42.9 Å². The Bertz CT molecular complexity index is 485. The topological polar surface area (TPSA) is 41.1 Å². The van der Waals surface area contributed by atoms with Crippen LogP contribution >= 0.6 is 11.8 Å². The predicted molar refractivity (Wildman–Crippen MR) is 88.6 cm³/mol. The van der Waals surface area contributed by atoms with Crippen molar-refractivity contribution in [2.45, 2.75) is 43.4 Å². The number of hydrogen-bond donors (Lipinski definition) is 2. The van der Waals surface area contributed by atoms with Gasteiger partial charge >= 0.3 is 0 Å². The molecule has 1 saturated heterocycles. The molecule has 4 heteroatoms. The second-order valence-corrected chi connectivity index (χ2v) is 7.26. The average Bonchev–Trinajstić information content (AvgIpc) is 2.54. The molecule has 1 aromatic carbocycles. The lowest BCUT2D eigenvalue weighted by Crippen LogP contribution is -2.34. The van der Waals surface area contributed by atoms with Crippen molar-refractivity contribution in [3.8, 4) is 0 Å². The molecule has 1 aromatic rings. The number of amides is 1. The highest BCUT2D eigenvalue weighted by molar-refractivity contribution is 8.00. The number of benzene rings is 1.